The summed E-state index contributed by atoms with van der Waals surface area (Å²) < 4.78 is 31.7. The van der Waals surface area contributed by atoms with Gasteiger partial charge in [0.25, 0.3) is 5.91 Å². The highest BCUT2D eigenvalue weighted by Gasteiger charge is 2.19. The fourth-order valence-corrected chi connectivity index (χ4v) is 4.52. The summed E-state index contributed by atoms with van der Waals surface area (Å²) in [6.45, 7) is 4.28. The number of amides is 1. The second-order valence-electron chi connectivity index (χ2n) is 7.62. The number of nitrogens with zero attached hydrogens (tertiary/aromatic N) is 1. The topological polar surface area (TPSA) is 120 Å². The van der Waals surface area contributed by atoms with E-state index in [-0.39, 0.29) is 17.1 Å². The number of halogens is 1. The summed E-state index contributed by atoms with van der Waals surface area (Å²) in [6.07, 6.45) is 0. The first-order valence-corrected chi connectivity index (χ1v) is 12.8. The van der Waals surface area contributed by atoms with Crippen LogP contribution in [-0.4, -0.2) is 70.6 Å². The van der Waals surface area contributed by atoms with Crippen LogP contribution in [0.2, 0.25) is 0 Å². The molecule has 0 unspecified atom stereocenters. The first kappa shape index (κ1) is 27.6. The Bertz CT molecular complexity index is 1140. The van der Waals surface area contributed by atoms with Gasteiger partial charge in [-0.25, -0.2) is 13.9 Å². The van der Waals surface area contributed by atoms with E-state index in [0.717, 1.165) is 13.1 Å². The molecule has 0 aliphatic heterocycles. The zero-order valence-electron chi connectivity index (χ0n) is 19.3. The van der Waals surface area contributed by atoms with Crippen LogP contribution < -0.4 is 20.9 Å². The molecule has 0 saturated carbocycles. The SMILES string of the molecule is Cc1cc(Br)cc(C(=O)NO)c1NCS(=O)(=O)c1ccc(OCC#CCNCCN(C)C)cc1. The molecule has 184 valence electrons. The number of hydroxylamine groups is 1. The fourth-order valence-electron chi connectivity index (χ4n) is 2.90. The Morgan fingerprint density at radius 3 is 2.53 bits per heavy atom. The summed E-state index contributed by atoms with van der Waals surface area (Å²) in [7, 11) is 0.305. The molecular formula is C23H29BrN4O5S. The number of sulfone groups is 1. The number of carbonyl (C=O) groups is 1. The van der Waals surface area contributed by atoms with Crippen molar-refractivity contribution in [2.75, 3.05) is 51.5 Å². The quantitative estimate of drug-likeness (QED) is 0.145. The normalized spacial score (nSPS) is 11.0. The molecule has 0 bridgehead atoms. The van der Waals surface area contributed by atoms with Crippen molar-refractivity contribution in [3.63, 3.8) is 0 Å². The maximum atomic E-state index is 12.8. The summed E-state index contributed by atoms with van der Waals surface area (Å²) in [4.78, 5) is 14.2. The summed E-state index contributed by atoms with van der Waals surface area (Å²) in [5, 5.41) is 15.0. The largest absolute Gasteiger partial charge is 0.481 e. The molecule has 0 aliphatic rings. The van der Waals surface area contributed by atoms with Crippen LogP contribution in [0.4, 0.5) is 5.69 Å². The lowest BCUT2D eigenvalue weighted by molar-refractivity contribution is 0.0707. The van der Waals surface area contributed by atoms with Crippen molar-refractivity contribution >= 4 is 37.4 Å². The predicted molar refractivity (Wildman–Crippen MR) is 135 cm³/mol. The van der Waals surface area contributed by atoms with Crippen molar-refractivity contribution < 1.29 is 23.2 Å². The smallest absolute Gasteiger partial charge is 0.276 e. The molecule has 2 rings (SSSR count). The fraction of sp³-hybridized carbons (Fsp3) is 0.348. The van der Waals surface area contributed by atoms with Crippen LogP contribution in [0.5, 0.6) is 5.75 Å². The molecule has 0 fully saturated rings. The maximum absolute atomic E-state index is 12.8. The van der Waals surface area contributed by atoms with E-state index < -0.39 is 21.6 Å². The molecule has 0 heterocycles. The van der Waals surface area contributed by atoms with Gasteiger partial charge in [0, 0.05) is 17.6 Å². The lowest BCUT2D eigenvalue weighted by Crippen LogP contribution is -2.26. The third-order valence-electron chi connectivity index (χ3n) is 4.65. The maximum Gasteiger partial charge on any atom is 0.276 e. The lowest BCUT2D eigenvalue weighted by atomic mass is 10.1. The number of anilines is 1. The standard InChI is InChI=1S/C23H29BrN4O5S/c1-17-14-18(24)15-21(23(29)27-30)22(17)26-16-34(31,32)20-8-6-19(7-9-20)33-13-5-4-10-25-11-12-28(2)3/h6-9,14-15,25-26,30H,10-13,16H2,1-3H3,(H,27,29). The van der Waals surface area contributed by atoms with Gasteiger partial charge in [-0.2, -0.15) is 0 Å². The van der Waals surface area contributed by atoms with Gasteiger partial charge in [-0.15, -0.1) is 0 Å². The van der Waals surface area contributed by atoms with Crippen LogP contribution in [0, 0.1) is 18.8 Å². The number of rotatable bonds is 11. The Morgan fingerprint density at radius 1 is 1.18 bits per heavy atom. The Kier molecular flexibility index (Phi) is 10.8. The lowest BCUT2D eigenvalue weighted by Gasteiger charge is -2.15. The van der Waals surface area contributed by atoms with Gasteiger partial charge in [0.05, 0.1) is 22.7 Å². The average Bonchev–Trinajstić information content (AvgIpc) is 2.79. The first-order valence-electron chi connectivity index (χ1n) is 10.4. The van der Waals surface area contributed by atoms with Crippen LogP contribution in [0.1, 0.15) is 15.9 Å². The van der Waals surface area contributed by atoms with E-state index >= 15 is 0 Å². The Balaban J connectivity index is 1.94. The summed E-state index contributed by atoms with van der Waals surface area (Å²) >= 11 is 3.29. The van der Waals surface area contributed by atoms with Crippen LogP contribution in [0.25, 0.3) is 0 Å². The second-order valence-corrected chi connectivity index (χ2v) is 10.5. The van der Waals surface area contributed by atoms with Crippen LogP contribution in [0.3, 0.4) is 0 Å². The van der Waals surface area contributed by atoms with Gasteiger partial charge in [0.2, 0.25) is 0 Å². The van der Waals surface area contributed by atoms with Gasteiger partial charge < -0.3 is 20.3 Å². The predicted octanol–water partition coefficient (Wildman–Crippen LogP) is 2.25. The van der Waals surface area contributed by atoms with E-state index in [1.165, 1.54) is 18.2 Å². The van der Waals surface area contributed by atoms with Gasteiger partial charge in [-0.05, 0) is 63.0 Å². The van der Waals surface area contributed by atoms with Crippen LogP contribution in [0.15, 0.2) is 45.8 Å². The molecule has 11 heteroatoms. The molecular weight excluding hydrogens is 524 g/mol. The molecule has 0 aliphatic carbocycles. The van der Waals surface area contributed by atoms with E-state index in [0.29, 0.717) is 28.0 Å². The number of nitrogens with one attached hydrogen (secondary N) is 3. The zero-order valence-corrected chi connectivity index (χ0v) is 21.7. The molecule has 0 spiro atoms. The molecule has 4 N–H and O–H groups in total. The molecule has 0 atom stereocenters. The Hall–Kier alpha value is -2.62. The number of benzene rings is 2. The molecule has 0 saturated heterocycles. The van der Waals surface area contributed by atoms with E-state index in [9.17, 15) is 13.2 Å². The Labute approximate surface area is 208 Å². The van der Waals surface area contributed by atoms with Crippen molar-refractivity contribution in [2.24, 2.45) is 0 Å². The van der Waals surface area contributed by atoms with E-state index in [4.69, 9.17) is 9.94 Å². The highest BCUT2D eigenvalue weighted by atomic mass is 79.9. The zero-order chi connectivity index (χ0) is 25.1. The number of hydrogen-bond acceptors (Lipinski definition) is 8. The van der Waals surface area contributed by atoms with Crippen molar-refractivity contribution in [3.8, 4) is 17.6 Å². The van der Waals surface area contributed by atoms with Gasteiger partial charge in [-0.3, -0.25) is 10.0 Å². The minimum absolute atomic E-state index is 0.103. The summed E-state index contributed by atoms with van der Waals surface area (Å²) in [5.41, 5.74) is 2.64. The van der Waals surface area contributed by atoms with Crippen LogP contribution in [-0.2, 0) is 9.84 Å². The summed E-state index contributed by atoms with van der Waals surface area (Å²) in [5.74, 6) is 5.19. The number of likely N-dealkylation sites (N-methyl/N-ethyl adjacent to an activating group) is 1. The molecule has 2 aromatic carbocycles. The first-order chi connectivity index (χ1) is 16.1. The molecule has 2 aromatic rings. The monoisotopic (exact) mass is 552 g/mol. The van der Waals surface area contributed by atoms with E-state index in [2.05, 4.69) is 43.3 Å². The summed E-state index contributed by atoms with van der Waals surface area (Å²) in [6, 6.07) is 9.27. The highest BCUT2D eigenvalue weighted by molar-refractivity contribution is 9.10. The van der Waals surface area contributed by atoms with E-state index in [1.807, 2.05) is 14.1 Å². The number of aryl methyl sites for hydroxylation is 1. The number of carbonyl (C=O) groups excluding carboxylic acids is 1. The van der Waals surface area contributed by atoms with Gasteiger partial charge >= 0.3 is 0 Å². The molecule has 34 heavy (non-hydrogen) atoms. The van der Waals surface area contributed by atoms with Crippen molar-refractivity contribution in [3.05, 3.63) is 52.0 Å². The molecule has 0 aromatic heterocycles. The number of ether oxygens (including phenoxy) is 1. The molecule has 1 amide bonds. The highest BCUT2D eigenvalue weighted by Crippen LogP contribution is 2.27. The average molecular weight is 553 g/mol. The van der Waals surface area contributed by atoms with Crippen LogP contribution >= 0.6 is 15.9 Å². The van der Waals surface area contributed by atoms with Gasteiger partial charge in [-0.1, -0.05) is 27.8 Å². The molecule has 9 nitrogen and oxygen atoms in total. The number of hydrogen-bond donors (Lipinski definition) is 4. The molecule has 0 radical (unpaired) electrons. The van der Waals surface area contributed by atoms with E-state index in [1.54, 1.807) is 30.6 Å². The third kappa shape index (κ3) is 8.62. The van der Waals surface area contributed by atoms with Crippen molar-refractivity contribution in [1.82, 2.24) is 15.7 Å². The van der Waals surface area contributed by atoms with Gasteiger partial charge in [0.15, 0.2) is 9.84 Å². The second kappa shape index (κ2) is 13.3. The Morgan fingerprint density at radius 2 is 1.88 bits per heavy atom. The van der Waals surface area contributed by atoms with Crippen molar-refractivity contribution in [2.45, 2.75) is 11.8 Å². The minimum Gasteiger partial charge on any atom is -0.481 e. The van der Waals surface area contributed by atoms with Crippen molar-refractivity contribution in [1.29, 1.82) is 0 Å². The third-order valence-corrected chi connectivity index (χ3v) is 6.63. The minimum atomic E-state index is -3.71. The van der Waals surface area contributed by atoms with Gasteiger partial charge in [0.1, 0.15) is 18.2 Å².